The number of hydrogen-bond donors (Lipinski definition) is 0. The van der Waals surface area contributed by atoms with Gasteiger partial charge in [0.05, 0.1) is 12.7 Å². The lowest BCUT2D eigenvalue weighted by Crippen LogP contribution is -2.36. The third kappa shape index (κ3) is 3.82. The molecule has 1 saturated carbocycles. The van der Waals surface area contributed by atoms with Gasteiger partial charge in [0.15, 0.2) is 0 Å². The Morgan fingerprint density at radius 2 is 1.85 bits per heavy atom. The maximum atomic E-state index is 12.7. The Morgan fingerprint density at radius 1 is 1.00 bits per heavy atom. The van der Waals surface area contributed by atoms with Crippen molar-refractivity contribution in [2.45, 2.75) is 51.4 Å². The minimum atomic E-state index is -2.78. The Kier molecular flexibility index (Phi) is 4.98. The van der Waals surface area contributed by atoms with Gasteiger partial charge >= 0.3 is 6.43 Å². The average Bonchev–Trinajstić information content (AvgIpc) is 3.52. The molecule has 0 unspecified atom stereocenters. The maximum absolute atomic E-state index is 12.7. The summed E-state index contributed by atoms with van der Waals surface area (Å²) in [7, 11) is 0. The van der Waals surface area contributed by atoms with Crippen molar-refractivity contribution in [1.29, 1.82) is 0 Å². The molecule has 2 aromatic heterocycles. The minimum absolute atomic E-state index is 0.0776. The number of aromatic nitrogens is 5. The molecule has 0 amide bonds. The average molecular weight is 448 g/mol. The number of nitrogens with zero attached hydrogens (tertiary/aromatic N) is 6. The molecule has 1 aliphatic carbocycles. The van der Waals surface area contributed by atoms with Gasteiger partial charge in [-0.25, -0.2) is 4.68 Å². The third-order valence-corrected chi connectivity index (χ3v) is 6.59. The lowest BCUT2D eigenvalue weighted by atomic mass is 9.92. The summed E-state index contributed by atoms with van der Waals surface area (Å²) in [4.78, 5) is 2.58. The molecule has 0 radical (unpaired) electrons. The van der Waals surface area contributed by atoms with Crippen molar-refractivity contribution >= 4 is 0 Å². The molecule has 0 atom stereocenters. The molecule has 9 heteroatoms. The van der Waals surface area contributed by atoms with Gasteiger partial charge < -0.3 is 4.42 Å². The Bertz CT molecular complexity index is 1280. The molecule has 33 heavy (non-hydrogen) atoms. The van der Waals surface area contributed by atoms with Crippen LogP contribution >= 0.6 is 0 Å². The second-order valence-corrected chi connectivity index (χ2v) is 8.68. The van der Waals surface area contributed by atoms with Gasteiger partial charge in [-0.15, -0.1) is 15.3 Å². The van der Waals surface area contributed by atoms with Crippen LogP contribution in [0.1, 0.15) is 48.3 Å². The third-order valence-electron chi connectivity index (χ3n) is 6.59. The van der Waals surface area contributed by atoms with Crippen molar-refractivity contribution in [2.24, 2.45) is 0 Å². The van der Waals surface area contributed by atoms with Gasteiger partial charge in [0.2, 0.25) is 5.89 Å². The molecule has 6 rings (SSSR count). The summed E-state index contributed by atoms with van der Waals surface area (Å²) in [6.45, 7) is 2.54. The first-order chi connectivity index (χ1) is 16.1. The van der Waals surface area contributed by atoms with Crippen LogP contribution in [0.2, 0.25) is 0 Å². The normalized spacial score (nSPS) is 16.3. The summed E-state index contributed by atoms with van der Waals surface area (Å²) < 4.78 is 32.1. The molecule has 168 valence electrons. The number of fused-ring (bicyclic) bond motifs is 1. The summed E-state index contributed by atoms with van der Waals surface area (Å²) in [5.41, 5.74) is 6.38. The van der Waals surface area contributed by atoms with E-state index in [1.807, 2.05) is 23.0 Å². The maximum Gasteiger partial charge on any atom is 0.314 e. The van der Waals surface area contributed by atoms with E-state index in [4.69, 9.17) is 4.42 Å². The van der Waals surface area contributed by atoms with Gasteiger partial charge in [-0.3, -0.25) is 4.90 Å². The fourth-order valence-corrected chi connectivity index (χ4v) is 4.58. The van der Waals surface area contributed by atoms with Crippen LogP contribution in [0.4, 0.5) is 8.78 Å². The van der Waals surface area contributed by atoms with Gasteiger partial charge in [0.1, 0.15) is 5.69 Å². The van der Waals surface area contributed by atoms with Crippen molar-refractivity contribution in [3.8, 4) is 22.7 Å². The van der Waals surface area contributed by atoms with Crippen LogP contribution in [0.3, 0.4) is 0 Å². The predicted molar refractivity (Wildman–Crippen MR) is 116 cm³/mol. The molecule has 3 heterocycles. The van der Waals surface area contributed by atoms with E-state index in [9.17, 15) is 8.78 Å². The molecule has 0 bridgehead atoms. The first kappa shape index (κ1) is 20.2. The van der Waals surface area contributed by atoms with E-state index in [1.54, 1.807) is 12.1 Å². The zero-order chi connectivity index (χ0) is 22.4. The van der Waals surface area contributed by atoms with E-state index < -0.39 is 12.3 Å². The number of rotatable bonds is 6. The number of alkyl halides is 2. The molecule has 1 aliphatic heterocycles. The highest BCUT2D eigenvalue weighted by Crippen LogP contribution is 2.36. The van der Waals surface area contributed by atoms with E-state index in [0.29, 0.717) is 12.1 Å². The van der Waals surface area contributed by atoms with Gasteiger partial charge in [-0.1, -0.05) is 42.0 Å². The molecule has 4 aromatic rings. The summed E-state index contributed by atoms with van der Waals surface area (Å²) in [6.07, 6.45) is 3.14. The highest BCUT2D eigenvalue weighted by atomic mass is 19.3. The van der Waals surface area contributed by atoms with Gasteiger partial charge in [0, 0.05) is 30.3 Å². The zero-order valence-corrected chi connectivity index (χ0v) is 17.9. The first-order valence-electron chi connectivity index (χ1n) is 11.1. The molecule has 1 fully saturated rings. The monoisotopic (exact) mass is 448 g/mol. The van der Waals surface area contributed by atoms with Crippen molar-refractivity contribution in [2.75, 3.05) is 0 Å². The lowest BCUT2D eigenvalue weighted by Gasteiger charge is -2.34. The smallest absolute Gasteiger partial charge is 0.314 e. The van der Waals surface area contributed by atoms with Crippen LogP contribution in [-0.2, 0) is 19.6 Å². The number of benzene rings is 2. The van der Waals surface area contributed by atoms with E-state index in [1.165, 1.54) is 30.4 Å². The zero-order valence-electron chi connectivity index (χ0n) is 17.9. The van der Waals surface area contributed by atoms with Crippen molar-refractivity contribution in [3.63, 3.8) is 0 Å². The topological polar surface area (TPSA) is 72.9 Å². The van der Waals surface area contributed by atoms with Crippen molar-refractivity contribution < 1.29 is 13.2 Å². The molecule has 0 N–H and O–H groups in total. The molecular formula is C24H22F2N6O. The largest absolute Gasteiger partial charge is 0.415 e. The van der Waals surface area contributed by atoms with E-state index in [-0.39, 0.29) is 5.89 Å². The molecule has 2 aliphatic rings. The highest BCUT2D eigenvalue weighted by Gasteiger charge is 2.31. The van der Waals surface area contributed by atoms with Gasteiger partial charge in [-0.2, -0.15) is 8.78 Å². The first-order valence-corrected chi connectivity index (χ1v) is 11.1. The molecule has 2 aromatic carbocycles. The van der Waals surface area contributed by atoms with Gasteiger partial charge in [-0.05, 0) is 41.7 Å². The van der Waals surface area contributed by atoms with E-state index >= 15 is 0 Å². The Labute approximate surface area is 189 Å². The van der Waals surface area contributed by atoms with Crippen LogP contribution in [-0.4, -0.2) is 36.1 Å². The van der Waals surface area contributed by atoms with Crippen LogP contribution in [0.25, 0.3) is 22.7 Å². The Hall–Kier alpha value is -3.46. The Balaban J connectivity index is 1.17. The molecule has 0 saturated heterocycles. The van der Waals surface area contributed by atoms with Crippen LogP contribution in [0, 0.1) is 0 Å². The minimum Gasteiger partial charge on any atom is -0.415 e. The van der Waals surface area contributed by atoms with Crippen LogP contribution in [0.15, 0.2) is 53.1 Å². The second-order valence-electron chi connectivity index (χ2n) is 8.68. The molecular weight excluding hydrogens is 426 g/mol. The van der Waals surface area contributed by atoms with Crippen molar-refractivity contribution in [3.05, 3.63) is 71.2 Å². The van der Waals surface area contributed by atoms with Gasteiger partial charge in [0.25, 0.3) is 5.89 Å². The fourth-order valence-electron chi connectivity index (χ4n) is 4.58. The highest BCUT2D eigenvalue weighted by molar-refractivity contribution is 5.65. The quantitative estimate of drug-likeness (QED) is 0.420. The Morgan fingerprint density at radius 3 is 2.58 bits per heavy atom. The summed E-state index contributed by atoms with van der Waals surface area (Å²) in [5, 5.41) is 15.8. The second kappa shape index (κ2) is 8.15. The lowest BCUT2D eigenvalue weighted by molar-refractivity contribution is 0.116. The summed E-state index contributed by atoms with van der Waals surface area (Å²) >= 11 is 0. The van der Waals surface area contributed by atoms with E-state index in [0.717, 1.165) is 36.0 Å². The van der Waals surface area contributed by atoms with Crippen LogP contribution in [0.5, 0.6) is 0 Å². The summed E-state index contributed by atoms with van der Waals surface area (Å²) in [5.74, 6) is -0.596. The van der Waals surface area contributed by atoms with E-state index in [2.05, 4.69) is 43.6 Å². The SMILES string of the molecule is FC(F)c1nnc(-c2ccc(Cn3cc(-c4cccc5c4CN(C4CCC4)C5)nn3)cc2)o1. The fraction of sp³-hybridized carbons (Fsp3) is 0.333. The molecule has 0 spiro atoms. The summed E-state index contributed by atoms with van der Waals surface area (Å²) in [6, 6.07) is 14.5. The van der Waals surface area contributed by atoms with Crippen molar-refractivity contribution in [1.82, 2.24) is 30.1 Å². The standard InChI is InChI=1S/C24H22F2N6O/c25-22(26)24-29-28-23(33-24)16-9-7-15(8-10-16)11-32-14-21(27-30-32)19-6-1-3-17-12-31(13-20(17)19)18-4-2-5-18/h1,3,6-10,14,18,22H,2,4-5,11-13H2. The number of hydrogen-bond acceptors (Lipinski definition) is 6. The molecule has 7 nitrogen and oxygen atoms in total. The number of halogens is 2. The predicted octanol–water partition coefficient (Wildman–Crippen LogP) is 4.85. The van der Waals surface area contributed by atoms with Crippen LogP contribution < -0.4 is 0 Å².